The minimum Gasteiger partial charge on any atom is -0.339 e. The van der Waals surface area contributed by atoms with Crippen LogP contribution >= 0.6 is 11.3 Å². The molecule has 0 atom stereocenters. The zero-order chi connectivity index (χ0) is 14.7. The summed E-state index contributed by atoms with van der Waals surface area (Å²) in [5, 5.41) is 15.3. The molecule has 21 heavy (non-hydrogen) atoms. The van der Waals surface area contributed by atoms with Crippen molar-refractivity contribution < 1.29 is 9.32 Å². The van der Waals surface area contributed by atoms with E-state index in [1.54, 1.807) is 17.4 Å². The topological polar surface area (TPSA) is 96.7 Å². The molecule has 108 valence electrons. The molecule has 0 aliphatic heterocycles. The Morgan fingerprint density at radius 2 is 2.43 bits per heavy atom. The molecule has 0 bridgehead atoms. The predicted octanol–water partition coefficient (Wildman–Crippen LogP) is 2.40. The number of aromatic amines is 1. The lowest BCUT2D eigenvalue weighted by Gasteiger charge is -1.98. The number of H-pyrrole nitrogens is 1. The first kappa shape index (κ1) is 13.5. The van der Waals surface area contributed by atoms with Crippen LogP contribution in [0.5, 0.6) is 0 Å². The first-order valence-corrected chi connectivity index (χ1v) is 7.27. The number of amides is 1. The molecule has 0 spiro atoms. The molecule has 7 nitrogen and oxygen atoms in total. The summed E-state index contributed by atoms with van der Waals surface area (Å²) in [6, 6.07) is 5.61. The monoisotopic (exact) mass is 303 g/mol. The summed E-state index contributed by atoms with van der Waals surface area (Å²) in [5.74, 6) is 1.38. The molecular formula is C13H13N5O2S. The van der Waals surface area contributed by atoms with Gasteiger partial charge in [-0.3, -0.25) is 9.89 Å². The van der Waals surface area contributed by atoms with Gasteiger partial charge in [-0.05, 0) is 18.4 Å². The normalized spacial score (nSPS) is 10.7. The highest BCUT2D eigenvalue weighted by Gasteiger charge is 2.11. The summed E-state index contributed by atoms with van der Waals surface area (Å²) >= 11 is 1.54. The van der Waals surface area contributed by atoms with Gasteiger partial charge >= 0.3 is 0 Å². The summed E-state index contributed by atoms with van der Waals surface area (Å²) in [4.78, 5) is 17.0. The van der Waals surface area contributed by atoms with Crippen molar-refractivity contribution in [3.05, 3.63) is 35.2 Å². The van der Waals surface area contributed by atoms with Crippen molar-refractivity contribution >= 4 is 23.1 Å². The summed E-state index contributed by atoms with van der Waals surface area (Å²) < 4.78 is 5.14. The number of rotatable bonds is 5. The Kier molecular flexibility index (Phi) is 3.78. The molecule has 0 unspecified atom stereocenters. The Morgan fingerprint density at radius 3 is 3.14 bits per heavy atom. The fraction of sp³-hybridized carbons (Fsp3) is 0.231. The highest BCUT2D eigenvalue weighted by molar-refractivity contribution is 7.13. The largest absolute Gasteiger partial charge is 0.339 e. The molecule has 1 amide bonds. The van der Waals surface area contributed by atoms with E-state index in [0.29, 0.717) is 24.0 Å². The van der Waals surface area contributed by atoms with E-state index in [1.807, 2.05) is 24.4 Å². The summed E-state index contributed by atoms with van der Waals surface area (Å²) in [6.45, 7) is 1.87. The van der Waals surface area contributed by atoms with Crippen molar-refractivity contribution in [2.45, 2.75) is 19.8 Å². The molecule has 3 heterocycles. The second-order valence-electron chi connectivity index (χ2n) is 4.47. The van der Waals surface area contributed by atoms with Crippen LogP contribution in [0, 0.1) is 6.92 Å². The number of nitrogens with zero attached hydrogens (tertiary/aromatic N) is 3. The van der Waals surface area contributed by atoms with Crippen molar-refractivity contribution in [1.82, 2.24) is 20.3 Å². The highest BCUT2D eigenvalue weighted by atomic mass is 32.1. The van der Waals surface area contributed by atoms with Crippen molar-refractivity contribution in [1.29, 1.82) is 0 Å². The lowest BCUT2D eigenvalue weighted by molar-refractivity contribution is -0.116. The van der Waals surface area contributed by atoms with E-state index in [9.17, 15) is 4.79 Å². The maximum absolute atomic E-state index is 11.8. The number of aromatic nitrogens is 4. The molecule has 0 saturated heterocycles. The zero-order valence-electron chi connectivity index (χ0n) is 11.3. The maximum Gasteiger partial charge on any atom is 0.227 e. The Morgan fingerprint density at radius 1 is 1.52 bits per heavy atom. The van der Waals surface area contributed by atoms with Crippen LogP contribution in [0.4, 0.5) is 5.82 Å². The van der Waals surface area contributed by atoms with Crippen LogP contribution in [0.1, 0.15) is 18.0 Å². The lowest BCUT2D eigenvalue weighted by Crippen LogP contribution is -2.12. The quantitative estimate of drug-likeness (QED) is 0.754. The molecule has 0 aliphatic carbocycles. The highest BCUT2D eigenvalue weighted by Crippen LogP contribution is 2.21. The van der Waals surface area contributed by atoms with Crippen LogP contribution in [0.15, 0.2) is 28.1 Å². The molecule has 3 aromatic rings. The van der Waals surface area contributed by atoms with Gasteiger partial charge in [0.05, 0.1) is 4.88 Å². The molecule has 2 N–H and O–H groups in total. The van der Waals surface area contributed by atoms with Gasteiger partial charge in [0.15, 0.2) is 5.82 Å². The summed E-state index contributed by atoms with van der Waals surface area (Å²) in [5.41, 5.74) is 0.891. The standard InChI is InChI=1S/C13H13N5O2S/c1-8-7-10(17-16-8)14-11(19)4-5-12-15-13(18-20-12)9-3-2-6-21-9/h2-3,6-7H,4-5H2,1H3,(H2,14,16,17,19). The van der Waals surface area contributed by atoms with Gasteiger partial charge in [0.1, 0.15) is 0 Å². The molecule has 0 aliphatic rings. The Bertz CT molecular complexity index is 731. The molecule has 3 aromatic heterocycles. The van der Waals surface area contributed by atoms with Crippen LogP contribution < -0.4 is 5.32 Å². The second-order valence-corrected chi connectivity index (χ2v) is 5.42. The summed E-state index contributed by atoms with van der Waals surface area (Å²) in [6.07, 6.45) is 0.658. The van der Waals surface area contributed by atoms with Crippen LogP contribution in [-0.4, -0.2) is 26.2 Å². The van der Waals surface area contributed by atoms with Gasteiger partial charge in [0, 0.05) is 24.6 Å². The minimum atomic E-state index is -0.141. The molecule has 0 saturated carbocycles. The van der Waals surface area contributed by atoms with E-state index in [-0.39, 0.29) is 12.3 Å². The maximum atomic E-state index is 11.8. The third-order valence-electron chi connectivity index (χ3n) is 2.75. The first-order valence-electron chi connectivity index (χ1n) is 6.39. The van der Waals surface area contributed by atoms with Crippen molar-refractivity contribution in [2.75, 3.05) is 5.32 Å². The Balaban J connectivity index is 1.54. The lowest BCUT2D eigenvalue weighted by atomic mass is 10.3. The van der Waals surface area contributed by atoms with Crippen LogP contribution in [0.3, 0.4) is 0 Å². The van der Waals surface area contributed by atoms with Crippen molar-refractivity contribution in [2.24, 2.45) is 0 Å². The second kappa shape index (κ2) is 5.88. The minimum absolute atomic E-state index is 0.141. The third kappa shape index (κ3) is 3.34. The predicted molar refractivity (Wildman–Crippen MR) is 77.9 cm³/mol. The van der Waals surface area contributed by atoms with Gasteiger partial charge in [-0.2, -0.15) is 10.1 Å². The molecule has 8 heteroatoms. The van der Waals surface area contributed by atoms with Gasteiger partial charge in [-0.25, -0.2) is 0 Å². The van der Waals surface area contributed by atoms with Crippen LogP contribution in [0.2, 0.25) is 0 Å². The smallest absolute Gasteiger partial charge is 0.227 e. The number of aryl methyl sites for hydroxylation is 2. The number of carbonyl (C=O) groups is 1. The van der Waals surface area contributed by atoms with Gasteiger partial charge in [-0.1, -0.05) is 11.2 Å². The van der Waals surface area contributed by atoms with Gasteiger partial charge in [-0.15, -0.1) is 11.3 Å². The Labute approximate surface area is 124 Å². The van der Waals surface area contributed by atoms with E-state index in [0.717, 1.165) is 10.6 Å². The summed E-state index contributed by atoms with van der Waals surface area (Å²) in [7, 11) is 0. The number of nitrogens with one attached hydrogen (secondary N) is 2. The number of hydrogen-bond acceptors (Lipinski definition) is 6. The molecule has 3 rings (SSSR count). The average Bonchev–Trinajstić information content (AvgIpc) is 3.17. The van der Waals surface area contributed by atoms with E-state index < -0.39 is 0 Å². The fourth-order valence-corrected chi connectivity index (χ4v) is 2.42. The van der Waals surface area contributed by atoms with Gasteiger partial charge < -0.3 is 9.84 Å². The number of anilines is 1. The number of thiophene rings is 1. The van der Waals surface area contributed by atoms with E-state index in [4.69, 9.17) is 4.52 Å². The van der Waals surface area contributed by atoms with Crippen molar-refractivity contribution in [3.8, 4) is 10.7 Å². The Hall–Kier alpha value is -2.48. The molecule has 0 aromatic carbocycles. The van der Waals surface area contributed by atoms with Crippen LogP contribution in [0.25, 0.3) is 10.7 Å². The van der Waals surface area contributed by atoms with E-state index in [1.165, 1.54) is 0 Å². The SMILES string of the molecule is Cc1cc(NC(=O)CCc2nc(-c3cccs3)no2)n[nH]1. The molecular weight excluding hydrogens is 290 g/mol. The fourth-order valence-electron chi connectivity index (χ4n) is 1.77. The average molecular weight is 303 g/mol. The van der Waals surface area contributed by atoms with Gasteiger partial charge in [0.25, 0.3) is 0 Å². The van der Waals surface area contributed by atoms with Gasteiger partial charge in [0.2, 0.25) is 17.6 Å². The third-order valence-corrected chi connectivity index (χ3v) is 3.61. The first-order chi connectivity index (χ1) is 10.2. The molecule has 0 radical (unpaired) electrons. The van der Waals surface area contributed by atoms with E-state index >= 15 is 0 Å². The zero-order valence-corrected chi connectivity index (χ0v) is 12.1. The van der Waals surface area contributed by atoms with E-state index in [2.05, 4.69) is 25.7 Å². The van der Waals surface area contributed by atoms with Crippen molar-refractivity contribution in [3.63, 3.8) is 0 Å². The molecule has 0 fully saturated rings. The van der Waals surface area contributed by atoms with Crippen LogP contribution in [-0.2, 0) is 11.2 Å². The number of carbonyl (C=O) groups excluding carboxylic acids is 1. The number of hydrogen-bond donors (Lipinski definition) is 2.